The smallest absolute Gasteiger partial charge is 0.229 e. The highest BCUT2D eigenvalue weighted by atomic mass is 16.5. The van der Waals surface area contributed by atoms with E-state index in [4.69, 9.17) is 9.47 Å². The molecule has 0 spiro atoms. The number of carbonyl (C=O) groups excluding carboxylic acids is 1. The van der Waals surface area contributed by atoms with Crippen molar-refractivity contribution in [3.8, 4) is 11.5 Å². The molecule has 0 saturated carbocycles. The Balaban J connectivity index is 1.40. The van der Waals surface area contributed by atoms with Crippen molar-refractivity contribution < 1.29 is 14.3 Å². The largest absolute Gasteiger partial charge is 0.493 e. The van der Waals surface area contributed by atoms with Gasteiger partial charge in [-0.05, 0) is 30.2 Å². The predicted octanol–water partition coefficient (Wildman–Crippen LogP) is 2.27. The predicted molar refractivity (Wildman–Crippen MR) is 89.2 cm³/mol. The highest BCUT2D eigenvalue weighted by molar-refractivity contribution is 5.81. The number of methoxy groups -OCH3 is 1. The van der Waals surface area contributed by atoms with Crippen LogP contribution in [-0.4, -0.2) is 42.6 Å². The number of carbonyl (C=O) groups is 1. The molecule has 0 bridgehead atoms. The maximum Gasteiger partial charge on any atom is 0.229 e. The topological polar surface area (TPSA) is 51.7 Å². The molecule has 1 amide bonds. The molecule has 1 aromatic heterocycles. The molecule has 0 N–H and O–H groups in total. The summed E-state index contributed by atoms with van der Waals surface area (Å²) < 4.78 is 11.1. The number of aromatic nitrogens is 1. The normalized spacial score (nSPS) is 19.9. The van der Waals surface area contributed by atoms with Gasteiger partial charge in [-0.15, -0.1) is 0 Å². The van der Waals surface area contributed by atoms with Gasteiger partial charge in [-0.3, -0.25) is 9.78 Å². The van der Waals surface area contributed by atoms with Gasteiger partial charge in [-0.1, -0.05) is 18.2 Å². The number of nitrogens with zero attached hydrogens (tertiary/aromatic N) is 2. The zero-order valence-electron chi connectivity index (χ0n) is 13.6. The lowest BCUT2D eigenvalue weighted by atomic mass is 9.90. The van der Waals surface area contributed by atoms with Crippen LogP contribution in [0.15, 0.2) is 42.6 Å². The van der Waals surface area contributed by atoms with Crippen molar-refractivity contribution in [2.45, 2.75) is 12.3 Å². The quantitative estimate of drug-likeness (QED) is 0.869. The van der Waals surface area contributed by atoms with E-state index in [1.54, 1.807) is 13.3 Å². The second-order valence-electron chi connectivity index (χ2n) is 6.36. The maximum atomic E-state index is 12.7. The van der Waals surface area contributed by atoms with Gasteiger partial charge in [-0.2, -0.15) is 0 Å². The van der Waals surface area contributed by atoms with Gasteiger partial charge in [0.25, 0.3) is 0 Å². The van der Waals surface area contributed by atoms with Crippen LogP contribution >= 0.6 is 0 Å². The monoisotopic (exact) mass is 324 g/mol. The van der Waals surface area contributed by atoms with Crippen molar-refractivity contribution in [3.05, 3.63) is 53.9 Å². The minimum absolute atomic E-state index is 0.116. The van der Waals surface area contributed by atoms with Crippen LogP contribution in [0.4, 0.5) is 0 Å². The van der Waals surface area contributed by atoms with Crippen LogP contribution in [-0.2, 0) is 11.2 Å². The van der Waals surface area contributed by atoms with Gasteiger partial charge >= 0.3 is 0 Å². The van der Waals surface area contributed by atoms with E-state index in [0.29, 0.717) is 18.9 Å². The molecule has 1 saturated heterocycles. The van der Waals surface area contributed by atoms with Crippen molar-refractivity contribution in [3.63, 3.8) is 0 Å². The molecule has 0 unspecified atom stereocenters. The molecule has 0 aliphatic carbocycles. The Morgan fingerprint density at radius 1 is 1.25 bits per heavy atom. The van der Waals surface area contributed by atoms with Crippen LogP contribution < -0.4 is 9.47 Å². The number of hydrogen-bond donors (Lipinski definition) is 0. The molecule has 124 valence electrons. The van der Waals surface area contributed by atoms with Gasteiger partial charge in [0.1, 0.15) is 6.61 Å². The molecule has 24 heavy (non-hydrogen) atoms. The molecule has 2 aromatic rings. The average Bonchev–Trinajstić information content (AvgIpc) is 2.60. The van der Waals surface area contributed by atoms with Crippen LogP contribution in [0.3, 0.4) is 0 Å². The first-order valence-electron chi connectivity index (χ1n) is 8.24. The number of fused-ring (bicyclic) bond motifs is 1. The summed E-state index contributed by atoms with van der Waals surface area (Å²) in [6.07, 6.45) is 2.51. The highest BCUT2D eigenvalue weighted by Crippen LogP contribution is 2.37. The highest BCUT2D eigenvalue weighted by Gasteiger charge is 2.37. The Hall–Kier alpha value is -2.56. The fourth-order valence-corrected chi connectivity index (χ4v) is 3.43. The average molecular weight is 324 g/mol. The summed E-state index contributed by atoms with van der Waals surface area (Å²) in [4.78, 5) is 19.0. The van der Waals surface area contributed by atoms with Crippen LogP contribution in [0.5, 0.6) is 11.5 Å². The van der Waals surface area contributed by atoms with Crippen molar-refractivity contribution in [1.82, 2.24) is 9.88 Å². The molecule has 2 aliphatic rings. The lowest BCUT2D eigenvalue weighted by molar-refractivity contribution is -0.141. The third-order valence-corrected chi connectivity index (χ3v) is 4.82. The maximum absolute atomic E-state index is 12.7. The molecule has 2 aliphatic heterocycles. The number of pyridine rings is 1. The summed E-state index contributed by atoms with van der Waals surface area (Å²) >= 11 is 0. The number of para-hydroxylation sites is 1. The number of likely N-dealkylation sites (tertiary alicyclic amines) is 1. The molecular weight excluding hydrogens is 304 g/mol. The minimum atomic E-state index is -0.116. The Morgan fingerprint density at radius 3 is 2.88 bits per heavy atom. The Bertz CT molecular complexity index is 742. The SMILES string of the molecule is COc1cccc2c1OC[C@H](C(=O)N1CC(c3ccccn3)C1)C2. The van der Waals surface area contributed by atoms with Gasteiger partial charge < -0.3 is 14.4 Å². The number of amides is 1. The zero-order valence-corrected chi connectivity index (χ0v) is 13.6. The summed E-state index contributed by atoms with van der Waals surface area (Å²) in [5.41, 5.74) is 2.11. The molecule has 3 heterocycles. The third-order valence-electron chi connectivity index (χ3n) is 4.82. The van der Waals surface area contributed by atoms with Crippen LogP contribution in [0.1, 0.15) is 17.2 Å². The molecule has 1 aromatic carbocycles. The van der Waals surface area contributed by atoms with Crippen molar-refractivity contribution in [1.29, 1.82) is 0 Å². The first-order valence-corrected chi connectivity index (χ1v) is 8.24. The van der Waals surface area contributed by atoms with Gasteiger partial charge in [0.15, 0.2) is 11.5 Å². The van der Waals surface area contributed by atoms with E-state index in [0.717, 1.165) is 35.8 Å². The van der Waals surface area contributed by atoms with E-state index in [2.05, 4.69) is 4.98 Å². The van der Waals surface area contributed by atoms with E-state index in [9.17, 15) is 4.79 Å². The Labute approximate surface area is 141 Å². The fourth-order valence-electron chi connectivity index (χ4n) is 3.43. The minimum Gasteiger partial charge on any atom is -0.493 e. The molecule has 5 nitrogen and oxygen atoms in total. The van der Waals surface area contributed by atoms with Crippen LogP contribution in [0.25, 0.3) is 0 Å². The summed E-state index contributed by atoms with van der Waals surface area (Å²) in [7, 11) is 1.63. The second-order valence-corrected chi connectivity index (χ2v) is 6.36. The van der Waals surface area contributed by atoms with Gasteiger partial charge in [-0.25, -0.2) is 0 Å². The van der Waals surface area contributed by atoms with E-state index < -0.39 is 0 Å². The second kappa shape index (κ2) is 6.15. The lowest BCUT2D eigenvalue weighted by Crippen LogP contribution is -2.52. The molecular formula is C19H20N2O3. The molecule has 1 atom stereocenters. The Kier molecular flexibility index (Phi) is 3.84. The first kappa shape index (κ1) is 15.0. The summed E-state index contributed by atoms with van der Waals surface area (Å²) in [5, 5.41) is 0. The fraction of sp³-hybridized carbons (Fsp3) is 0.368. The molecule has 5 heteroatoms. The van der Waals surface area contributed by atoms with Crippen LogP contribution in [0, 0.1) is 5.92 Å². The Morgan fingerprint density at radius 2 is 2.12 bits per heavy atom. The van der Waals surface area contributed by atoms with Crippen molar-refractivity contribution in [2.24, 2.45) is 5.92 Å². The lowest BCUT2D eigenvalue weighted by Gasteiger charge is -2.41. The molecule has 0 radical (unpaired) electrons. The molecule has 4 rings (SSSR count). The third kappa shape index (κ3) is 2.60. The van der Waals surface area contributed by atoms with E-state index in [1.807, 2.05) is 41.3 Å². The number of benzene rings is 1. The van der Waals surface area contributed by atoms with E-state index in [1.165, 1.54) is 0 Å². The standard InChI is InChI=1S/C19H20N2O3/c1-23-17-7-4-5-13-9-14(12-24-18(13)17)19(22)21-10-15(11-21)16-6-2-3-8-20-16/h2-8,14-15H,9-12H2,1H3/t14-/m1/s1. The number of rotatable bonds is 3. The first-order chi connectivity index (χ1) is 11.8. The van der Waals surface area contributed by atoms with E-state index in [-0.39, 0.29) is 11.8 Å². The zero-order chi connectivity index (χ0) is 16.5. The summed E-state index contributed by atoms with van der Waals surface area (Å²) in [5.74, 6) is 1.92. The number of ether oxygens (including phenoxy) is 2. The van der Waals surface area contributed by atoms with E-state index >= 15 is 0 Å². The molecule has 1 fully saturated rings. The van der Waals surface area contributed by atoms with Gasteiger partial charge in [0.05, 0.1) is 13.0 Å². The van der Waals surface area contributed by atoms with Crippen molar-refractivity contribution in [2.75, 3.05) is 26.8 Å². The van der Waals surface area contributed by atoms with Crippen LogP contribution in [0.2, 0.25) is 0 Å². The summed E-state index contributed by atoms with van der Waals surface area (Å²) in [6, 6.07) is 11.8. The van der Waals surface area contributed by atoms with Gasteiger partial charge in [0.2, 0.25) is 5.91 Å². The van der Waals surface area contributed by atoms with Crippen molar-refractivity contribution >= 4 is 5.91 Å². The number of hydrogen-bond acceptors (Lipinski definition) is 4. The van der Waals surface area contributed by atoms with Gasteiger partial charge in [0, 0.05) is 30.9 Å². The summed E-state index contributed by atoms with van der Waals surface area (Å²) in [6.45, 7) is 1.91.